The third-order valence-electron chi connectivity index (χ3n) is 2.67. The third-order valence-corrected chi connectivity index (χ3v) is 2.67. The van der Waals surface area contributed by atoms with Crippen molar-refractivity contribution in [2.45, 2.75) is 13.5 Å². The van der Waals surface area contributed by atoms with Gasteiger partial charge in [-0.1, -0.05) is 0 Å². The fraction of sp³-hybridized carbons (Fsp3) is 0.500. The average Bonchev–Trinajstić information content (AvgIpc) is 2.67. The number of aryl methyl sites for hydroxylation is 1. The summed E-state index contributed by atoms with van der Waals surface area (Å²) in [6.07, 6.45) is 0. The van der Waals surface area contributed by atoms with Crippen molar-refractivity contribution >= 4 is 17.1 Å². The molecule has 3 N–H and O–H groups in total. The zero-order valence-corrected chi connectivity index (χ0v) is 10.2. The highest BCUT2D eigenvalue weighted by atomic mass is 16.3. The number of aliphatic hydroxyl groups is 1. The molecule has 0 bridgehead atoms. The zero-order chi connectivity index (χ0) is 13.3. The first-order chi connectivity index (χ1) is 8.60. The molecule has 0 aliphatic heterocycles. The van der Waals surface area contributed by atoms with E-state index in [4.69, 9.17) is 5.11 Å². The molecule has 2 aromatic rings. The molecule has 0 spiro atoms. The van der Waals surface area contributed by atoms with E-state index in [2.05, 4.69) is 15.3 Å². The van der Waals surface area contributed by atoms with Crippen molar-refractivity contribution in [1.82, 2.24) is 19.1 Å². The zero-order valence-electron chi connectivity index (χ0n) is 10.2. The Labute approximate surface area is 102 Å². The van der Waals surface area contributed by atoms with E-state index >= 15 is 0 Å². The van der Waals surface area contributed by atoms with E-state index in [-0.39, 0.29) is 18.7 Å². The lowest BCUT2D eigenvalue weighted by Gasteiger charge is -2.06. The van der Waals surface area contributed by atoms with Crippen molar-refractivity contribution in [3.05, 3.63) is 20.8 Å². The second-order valence-electron chi connectivity index (χ2n) is 3.83. The molecule has 0 saturated carbocycles. The number of fused-ring (bicyclic) bond motifs is 1. The maximum absolute atomic E-state index is 11.8. The Bertz CT molecular complexity index is 681. The van der Waals surface area contributed by atoms with Gasteiger partial charge in [0.25, 0.3) is 5.56 Å². The molecule has 8 heteroatoms. The maximum Gasteiger partial charge on any atom is 0.329 e. The number of rotatable bonds is 4. The first kappa shape index (κ1) is 12.4. The van der Waals surface area contributed by atoms with Crippen LogP contribution >= 0.6 is 0 Å². The van der Waals surface area contributed by atoms with Crippen LogP contribution < -0.4 is 16.6 Å². The van der Waals surface area contributed by atoms with Crippen LogP contribution in [0.1, 0.15) is 6.92 Å². The van der Waals surface area contributed by atoms with E-state index in [0.717, 1.165) is 0 Å². The third kappa shape index (κ3) is 1.80. The molecule has 0 aromatic carbocycles. The Morgan fingerprint density at radius 2 is 2.17 bits per heavy atom. The maximum atomic E-state index is 11.8. The monoisotopic (exact) mass is 253 g/mol. The van der Waals surface area contributed by atoms with Gasteiger partial charge >= 0.3 is 5.69 Å². The van der Waals surface area contributed by atoms with Crippen LogP contribution in [0.3, 0.4) is 0 Å². The summed E-state index contributed by atoms with van der Waals surface area (Å²) in [6.45, 7) is 2.64. The van der Waals surface area contributed by atoms with Gasteiger partial charge < -0.3 is 15.0 Å². The van der Waals surface area contributed by atoms with Crippen molar-refractivity contribution in [1.29, 1.82) is 0 Å². The standard InChI is InChI=1S/C10H15N5O3/c1-3-11-9-12-7-6(15(9)4-5-16)8(17)13-10(18)14(7)2/h16H,3-5H2,1-2H3,(H,11,12)(H,13,17,18). The molecular formula is C10H15N5O3. The number of nitrogens with one attached hydrogen (secondary N) is 2. The predicted molar refractivity (Wildman–Crippen MR) is 66.8 cm³/mol. The second-order valence-corrected chi connectivity index (χ2v) is 3.83. The van der Waals surface area contributed by atoms with E-state index in [0.29, 0.717) is 18.1 Å². The van der Waals surface area contributed by atoms with Gasteiger partial charge in [-0.25, -0.2) is 4.79 Å². The van der Waals surface area contributed by atoms with Crippen LogP contribution in [0.2, 0.25) is 0 Å². The summed E-state index contributed by atoms with van der Waals surface area (Å²) >= 11 is 0. The van der Waals surface area contributed by atoms with E-state index in [1.54, 1.807) is 4.57 Å². The van der Waals surface area contributed by atoms with Gasteiger partial charge in [0.15, 0.2) is 11.2 Å². The van der Waals surface area contributed by atoms with E-state index in [9.17, 15) is 9.59 Å². The van der Waals surface area contributed by atoms with E-state index < -0.39 is 11.2 Å². The van der Waals surface area contributed by atoms with Crippen LogP contribution in [0.25, 0.3) is 11.2 Å². The average molecular weight is 253 g/mol. The van der Waals surface area contributed by atoms with Crippen LogP contribution in [-0.4, -0.2) is 37.4 Å². The highest BCUT2D eigenvalue weighted by molar-refractivity contribution is 5.74. The Morgan fingerprint density at radius 3 is 2.78 bits per heavy atom. The van der Waals surface area contributed by atoms with Crippen molar-refractivity contribution in [3.63, 3.8) is 0 Å². The van der Waals surface area contributed by atoms with Gasteiger partial charge in [0, 0.05) is 20.1 Å². The van der Waals surface area contributed by atoms with Gasteiger partial charge in [-0.2, -0.15) is 4.98 Å². The molecule has 0 atom stereocenters. The van der Waals surface area contributed by atoms with Gasteiger partial charge in [-0.05, 0) is 6.92 Å². The fourth-order valence-electron chi connectivity index (χ4n) is 1.85. The topological polar surface area (TPSA) is 105 Å². The number of nitrogens with zero attached hydrogens (tertiary/aromatic N) is 3. The largest absolute Gasteiger partial charge is 0.395 e. The first-order valence-corrected chi connectivity index (χ1v) is 5.64. The molecule has 0 radical (unpaired) electrons. The molecule has 0 fully saturated rings. The second kappa shape index (κ2) is 4.65. The quantitative estimate of drug-likeness (QED) is 0.638. The summed E-state index contributed by atoms with van der Waals surface area (Å²) < 4.78 is 2.84. The normalized spacial score (nSPS) is 11.1. The highest BCUT2D eigenvalue weighted by Gasteiger charge is 2.16. The van der Waals surface area contributed by atoms with Crippen molar-refractivity contribution in [2.75, 3.05) is 18.5 Å². The van der Waals surface area contributed by atoms with Crippen LogP contribution in [0.15, 0.2) is 9.59 Å². The number of H-pyrrole nitrogens is 1. The lowest BCUT2D eigenvalue weighted by atomic mass is 10.5. The number of imidazole rings is 1. The van der Waals surface area contributed by atoms with Gasteiger partial charge in [0.05, 0.1) is 6.61 Å². The Balaban J connectivity index is 2.84. The fourth-order valence-corrected chi connectivity index (χ4v) is 1.85. The first-order valence-electron chi connectivity index (χ1n) is 5.64. The number of aromatic nitrogens is 4. The Hall–Kier alpha value is -2.09. The smallest absolute Gasteiger partial charge is 0.329 e. The molecule has 8 nitrogen and oxygen atoms in total. The number of hydrogen-bond acceptors (Lipinski definition) is 5. The number of aliphatic hydroxyl groups excluding tert-OH is 1. The predicted octanol–water partition coefficient (Wildman–Crippen LogP) is -1.15. The summed E-state index contributed by atoms with van der Waals surface area (Å²) in [4.78, 5) is 29.7. The molecule has 0 aliphatic carbocycles. The van der Waals surface area contributed by atoms with Crippen LogP contribution in [0.4, 0.5) is 5.95 Å². The Morgan fingerprint density at radius 1 is 1.44 bits per heavy atom. The lowest BCUT2D eigenvalue weighted by molar-refractivity contribution is 0.278. The van der Waals surface area contributed by atoms with Gasteiger partial charge in [0.1, 0.15) is 0 Å². The van der Waals surface area contributed by atoms with Crippen molar-refractivity contribution < 1.29 is 5.11 Å². The molecule has 0 unspecified atom stereocenters. The minimum Gasteiger partial charge on any atom is -0.395 e. The van der Waals surface area contributed by atoms with Gasteiger partial charge in [-0.15, -0.1) is 0 Å². The van der Waals surface area contributed by atoms with E-state index in [1.807, 2.05) is 6.92 Å². The summed E-state index contributed by atoms with van der Waals surface area (Å²) in [7, 11) is 1.53. The minimum absolute atomic E-state index is 0.119. The summed E-state index contributed by atoms with van der Waals surface area (Å²) in [5, 5.41) is 12.0. The van der Waals surface area contributed by atoms with Crippen molar-refractivity contribution in [3.8, 4) is 0 Å². The summed E-state index contributed by atoms with van der Waals surface area (Å²) in [5.41, 5.74) is -0.433. The molecule has 18 heavy (non-hydrogen) atoms. The molecule has 2 rings (SSSR count). The number of anilines is 1. The van der Waals surface area contributed by atoms with Crippen LogP contribution in [0.5, 0.6) is 0 Å². The number of hydrogen-bond donors (Lipinski definition) is 3. The lowest BCUT2D eigenvalue weighted by Crippen LogP contribution is -2.29. The van der Waals surface area contributed by atoms with E-state index in [1.165, 1.54) is 11.6 Å². The Kier molecular flexibility index (Phi) is 3.19. The number of aromatic amines is 1. The van der Waals surface area contributed by atoms with Crippen LogP contribution in [0, 0.1) is 0 Å². The molecule has 0 amide bonds. The summed E-state index contributed by atoms with van der Waals surface area (Å²) in [5.74, 6) is 0.466. The molecule has 2 heterocycles. The van der Waals surface area contributed by atoms with Gasteiger partial charge in [0.2, 0.25) is 5.95 Å². The molecule has 0 saturated heterocycles. The highest BCUT2D eigenvalue weighted by Crippen LogP contribution is 2.14. The SMILES string of the molecule is CCNc1nc2c(c(=O)[nH]c(=O)n2C)n1CCO. The molecule has 0 aliphatic rings. The van der Waals surface area contributed by atoms with Crippen LogP contribution in [-0.2, 0) is 13.6 Å². The minimum atomic E-state index is -0.510. The molecular weight excluding hydrogens is 238 g/mol. The van der Waals surface area contributed by atoms with Gasteiger partial charge in [-0.3, -0.25) is 14.3 Å². The molecule has 98 valence electrons. The molecule has 2 aromatic heterocycles. The van der Waals surface area contributed by atoms with Crippen molar-refractivity contribution in [2.24, 2.45) is 7.05 Å². The summed E-state index contributed by atoms with van der Waals surface area (Å²) in [6, 6.07) is 0.